The van der Waals surface area contributed by atoms with Crippen molar-refractivity contribution >= 4 is 29.1 Å². The number of imidazole rings is 1. The molecule has 2 N–H and O–H groups in total. The molecule has 7 nitrogen and oxygen atoms in total. The molecule has 2 aliphatic heterocycles. The van der Waals surface area contributed by atoms with Crippen molar-refractivity contribution in [3.05, 3.63) is 59.2 Å². The highest BCUT2D eigenvalue weighted by Gasteiger charge is 2.29. The molecular weight excluding hydrogens is 402 g/mol. The number of halogens is 1. The number of carbonyl (C=O) groups is 2. The Balaban J connectivity index is 1.42. The minimum atomic E-state index is -0.266. The van der Waals surface area contributed by atoms with Crippen molar-refractivity contribution in [2.75, 3.05) is 18.4 Å². The van der Waals surface area contributed by atoms with E-state index in [1.807, 2.05) is 29.7 Å². The second-order valence-electron chi connectivity index (χ2n) is 7.86. The number of aromatic nitrogens is 2. The van der Waals surface area contributed by atoms with Gasteiger partial charge in [-0.3, -0.25) is 9.59 Å². The van der Waals surface area contributed by atoms with E-state index < -0.39 is 0 Å². The zero-order valence-electron chi connectivity index (χ0n) is 17.0. The van der Waals surface area contributed by atoms with E-state index in [2.05, 4.69) is 15.6 Å². The summed E-state index contributed by atoms with van der Waals surface area (Å²) < 4.78 is 1.90. The summed E-state index contributed by atoms with van der Waals surface area (Å²) in [7, 11) is 0. The fourth-order valence-electron chi connectivity index (χ4n) is 4.13. The number of carbonyl (C=O) groups excluding carboxylic acids is 2. The van der Waals surface area contributed by atoms with Crippen molar-refractivity contribution in [2.45, 2.75) is 44.8 Å². The number of benzene rings is 1. The number of hydrogen-bond donors (Lipinski definition) is 2. The molecule has 30 heavy (non-hydrogen) atoms. The number of nitrogens with zero attached hydrogens (tertiary/aromatic N) is 3. The summed E-state index contributed by atoms with van der Waals surface area (Å²) >= 11 is 6.15. The minimum absolute atomic E-state index is 0.0174. The standard InChI is InChI=1S/C22H26ClN5O2/c1-15-13-27(21(29)10-4-6-16-7-5-11-24-16)14-20-25-12-19(28(15)20)22(30)26-18-9-3-2-8-17(18)23/h2-4,8-10,12,15-16,24H,5-7,11,13-14H2,1H3,(H,26,30)/b10-4+/t15-,16?/m0/s1. The Labute approximate surface area is 181 Å². The van der Waals surface area contributed by atoms with Crippen LogP contribution < -0.4 is 10.6 Å². The molecule has 1 saturated heterocycles. The van der Waals surface area contributed by atoms with Crippen LogP contribution in [0.5, 0.6) is 0 Å². The summed E-state index contributed by atoms with van der Waals surface area (Å²) in [5.41, 5.74) is 1.02. The molecular formula is C22H26ClN5O2. The van der Waals surface area contributed by atoms with Crippen molar-refractivity contribution in [1.29, 1.82) is 0 Å². The largest absolute Gasteiger partial charge is 0.330 e. The molecule has 4 rings (SSSR count). The zero-order valence-corrected chi connectivity index (χ0v) is 17.7. The highest BCUT2D eigenvalue weighted by molar-refractivity contribution is 6.33. The number of nitrogens with one attached hydrogen (secondary N) is 2. The van der Waals surface area contributed by atoms with E-state index in [-0.39, 0.29) is 17.9 Å². The third-order valence-corrected chi connectivity index (χ3v) is 5.97. The molecule has 2 aromatic rings. The van der Waals surface area contributed by atoms with E-state index in [4.69, 9.17) is 11.6 Å². The molecule has 0 saturated carbocycles. The van der Waals surface area contributed by atoms with Crippen LogP contribution in [0, 0.1) is 0 Å². The van der Waals surface area contributed by atoms with Gasteiger partial charge in [-0.25, -0.2) is 4.98 Å². The fourth-order valence-corrected chi connectivity index (χ4v) is 4.31. The van der Waals surface area contributed by atoms with Crippen LogP contribution >= 0.6 is 11.6 Å². The average molecular weight is 428 g/mol. The lowest BCUT2D eigenvalue weighted by atomic mass is 10.1. The summed E-state index contributed by atoms with van der Waals surface area (Å²) in [4.78, 5) is 31.6. The van der Waals surface area contributed by atoms with Crippen molar-refractivity contribution < 1.29 is 9.59 Å². The number of para-hydroxylation sites is 1. The molecule has 1 unspecified atom stereocenters. The molecule has 1 aromatic carbocycles. The van der Waals surface area contributed by atoms with Crippen molar-refractivity contribution in [2.24, 2.45) is 0 Å². The first-order valence-electron chi connectivity index (χ1n) is 10.3. The summed E-state index contributed by atoms with van der Waals surface area (Å²) in [5, 5.41) is 6.75. The van der Waals surface area contributed by atoms with Crippen molar-refractivity contribution in [1.82, 2.24) is 19.8 Å². The monoisotopic (exact) mass is 427 g/mol. The number of hydrogen-bond acceptors (Lipinski definition) is 4. The Morgan fingerprint density at radius 1 is 1.37 bits per heavy atom. The highest BCUT2D eigenvalue weighted by atomic mass is 35.5. The quantitative estimate of drug-likeness (QED) is 0.717. The molecule has 0 aliphatic carbocycles. The lowest BCUT2D eigenvalue weighted by molar-refractivity contribution is -0.128. The molecule has 1 fully saturated rings. The maximum absolute atomic E-state index is 12.8. The Hall–Kier alpha value is -2.64. The summed E-state index contributed by atoms with van der Waals surface area (Å²) in [5.74, 6) is 0.422. The molecule has 3 heterocycles. The average Bonchev–Trinajstić information content (AvgIpc) is 3.39. The summed E-state index contributed by atoms with van der Waals surface area (Å²) in [6.45, 7) is 3.96. The maximum atomic E-state index is 12.8. The molecule has 2 atom stereocenters. The molecule has 2 amide bonds. The van der Waals surface area contributed by atoms with E-state index in [9.17, 15) is 9.59 Å². The lowest BCUT2D eigenvalue weighted by Crippen LogP contribution is -2.40. The lowest BCUT2D eigenvalue weighted by Gasteiger charge is -2.32. The molecule has 8 heteroatoms. The number of amides is 2. The third kappa shape index (κ3) is 4.42. The van der Waals surface area contributed by atoms with Gasteiger partial charge < -0.3 is 20.1 Å². The first-order chi connectivity index (χ1) is 14.5. The van der Waals surface area contributed by atoms with Crippen LogP contribution in [0.15, 0.2) is 42.6 Å². The highest BCUT2D eigenvalue weighted by Crippen LogP contribution is 2.25. The van der Waals surface area contributed by atoms with Crippen molar-refractivity contribution in [3.63, 3.8) is 0 Å². The van der Waals surface area contributed by atoms with E-state index in [1.165, 1.54) is 6.42 Å². The second-order valence-corrected chi connectivity index (χ2v) is 8.27. The first-order valence-corrected chi connectivity index (χ1v) is 10.7. The predicted molar refractivity (Wildman–Crippen MR) is 117 cm³/mol. The minimum Gasteiger partial charge on any atom is -0.330 e. The summed E-state index contributed by atoms with van der Waals surface area (Å²) in [6.07, 6.45) is 8.42. The number of rotatable bonds is 5. The van der Waals surface area contributed by atoms with Crippen LogP contribution in [0.3, 0.4) is 0 Å². The normalized spacial score (nSPS) is 21.1. The van der Waals surface area contributed by atoms with Gasteiger partial charge in [-0.15, -0.1) is 0 Å². The number of anilines is 1. The molecule has 1 aromatic heterocycles. The van der Waals surface area contributed by atoms with Crippen molar-refractivity contribution in [3.8, 4) is 0 Å². The van der Waals surface area contributed by atoms with Crippen LogP contribution in [0.4, 0.5) is 5.69 Å². The van der Waals surface area contributed by atoms with Gasteiger partial charge in [-0.1, -0.05) is 29.8 Å². The number of fused-ring (bicyclic) bond motifs is 1. The molecule has 2 aliphatic rings. The van der Waals surface area contributed by atoms with E-state index in [0.717, 1.165) is 19.4 Å². The van der Waals surface area contributed by atoms with Crippen LogP contribution in [-0.4, -0.2) is 45.4 Å². The van der Waals surface area contributed by atoms with E-state index >= 15 is 0 Å². The molecule has 158 valence electrons. The topological polar surface area (TPSA) is 79.3 Å². The zero-order chi connectivity index (χ0) is 21.1. The van der Waals surface area contributed by atoms with Gasteiger partial charge in [0.25, 0.3) is 5.91 Å². The molecule has 0 bridgehead atoms. The maximum Gasteiger partial charge on any atom is 0.273 e. The van der Waals surface area contributed by atoms with E-state index in [1.54, 1.807) is 29.3 Å². The van der Waals surface area contributed by atoms with Crippen LogP contribution in [0.25, 0.3) is 0 Å². The van der Waals surface area contributed by atoms with Crippen LogP contribution in [-0.2, 0) is 11.3 Å². The van der Waals surface area contributed by atoms with Gasteiger partial charge in [0.2, 0.25) is 5.91 Å². The van der Waals surface area contributed by atoms with Gasteiger partial charge in [0.1, 0.15) is 11.5 Å². The predicted octanol–water partition coefficient (Wildman–Crippen LogP) is 3.39. The third-order valence-electron chi connectivity index (χ3n) is 5.64. The van der Waals surface area contributed by atoms with Gasteiger partial charge in [-0.2, -0.15) is 0 Å². The second kappa shape index (κ2) is 9.02. The van der Waals surface area contributed by atoms with E-state index in [0.29, 0.717) is 41.4 Å². The smallest absolute Gasteiger partial charge is 0.273 e. The first kappa shape index (κ1) is 20.6. The fraction of sp³-hybridized carbons (Fsp3) is 0.409. The molecule has 0 radical (unpaired) electrons. The summed E-state index contributed by atoms with van der Waals surface area (Å²) in [6, 6.07) is 7.53. The van der Waals surface area contributed by atoms with Crippen LogP contribution in [0.2, 0.25) is 5.02 Å². The van der Waals surface area contributed by atoms with Gasteiger partial charge >= 0.3 is 0 Å². The SMILES string of the molecule is C[C@H]1CN(C(=O)/C=C/CC2CCCN2)Cc2ncc(C(=O)Nc3ccccc3Cl)n21. The van der Waals surface area contributed by atoms with Gasteiger partial charge in [0.05, 0.1) is 29.5 Å². The van der Waals surface area contributed by atoms with Gasteiger partial charge in [0.15, 0.2) is 0 Å². The van der Waals surface area contributed by atoms with Gasteiger partial charge in [0, 0.05) is 12.6 Å². The molecule has 0 spiro atoms. The van der Waals surface area contributed by atoms with Crippen LogP contribution in [0.1, 0.15) is 48.5 Å². The van der Waals surface area contributed by atoms with Gasteiger partial charge in [-0.05, 0) is 50.9 Å². The Morgan fingerprint density at radius 3 is 2.97 bits per heavy atom. The Morgan fingerprint density at radius 2 is 2.20 bits per heavy atom. The Bertz CT molecular complexity index is 964. The Kier molecular flexibility index (Phi) is 6.20.